The minimum Gasteiger partial charge on any atom is -0.495 e. The molecule has 3 aromatic carbocycles. The fourth-order valence-electron chi connectivity index (χ4n) is 3.01. The van der Waals surface area contributed by atoms with Gasteiger partial charge in [0.1, 0.15) is 17.3 Å². The van der Waals surface area contributed by atoms with Gasteiger partial charge in [-0.1, -0.05) is 30.3 Å². The summed E-state index contributed by atoms with van der Waals surface area (Å²) in [6.45, 7) is 0. The van der Waals surface area contributed by atoms with E-state index in [2.05, 4.69) is 10.4 Å². The quantitative estimate of drug-likeness (QED) is 0.528. The minimum atomic E-state index is -0.351. The number of methoxy groups -OCH3 is 1. The number of anilines is 1. The second-order valence-electron chi connectivity index (χ2n) is 6.33. The van der Waals surface area contributed by atoms with Crippen molar-refractivity contribution in [3.05, 3.63) is 96.4 Å². The van der Waals surface area contributed by atoms with E-state index in [4.69, 9.17) is 4.74 Å². The molecule has 6 heteroatoms. The van der Waals surface area contributed by atoms with Gasteiger partial charge >= 0.3 is 0 Å². The second-order valence-corrected chi connectivity index (χ2v) is 6.33. The SMILES string of the molecule is COc1ccccc1NC(=O)c1cn(-c2ccccc2)nc1-c1ccc(F)cc1. The highest BCUT2D eigenvalue weighted by molar-refractivity contribution is 6.08. The van der Waals surface area contributed by atoms with Crippen LogP contribution in [-0.4, -0.2) is 22.8 Å². The van der Waals surface area contributed by atoms with Crippen LogP contribution in [0.4, 0.5) is 10.1 Å². The van der Waals surface area contributed by atoms with Gasteiger partial charge in [0.15, 0.2) is 0 Å². The molecule has 0 bridgehead atoms. The number of nitrogens with zero attached hydrogens (tertiary/aromatic N) is 2. The zero-order valence-electron chi connectivity index (χ0n) is 15.7. The first kappa shape index (κ1) is 18.4. The summed E-state index contributed by atoms with van der Waals surface area (Å²) in [6, 6.07) is 22.5. The van der Waals surface area contributed by atoms with Gasteiger partial charge in [-0.3, -0.25) is 4.79 Å². The Hall–Kier alpha value is -3.93. The monoisotopic (exact) mass is 387 g/mol. The number of carbonyl (C=O) groups excluding carboxylic acids is 1. The molecule has 0 radical (unpaired) electrons. The molecule has 1 heterocycles. The van der Waals surface area contributed by atoms with Crippen LogP contribution in [0, 0.1) is 5.82 Å². The maximum absolute atomic E-state index is 13.4. The molecule has 1 N–H and O–H groups in total. The normalized spacial score (nSPS) is 10.6. The summed E-state index contributed by atoms with van der Waals surface area (Å²) >= 11 is 0. The number of nitrogens with one attached hydrogen (secondary N) is 1. The van der Waals surface area contributed by atoms with Crippen LogP contribution in [0.1, 0.15) is 10.4 Å². The number of hydrogen-bond donors (Lipinski definition) is 1. The second kappa shape index (κ2) is 7.98. The lowest BCUT2D eigenvalue weighted by Crippen LogP contribution is -2.13. The highest BCUT2D eigenvalue weighted by Gasteiger charge is 2.20. The Kier molecular flexibility index (Phi) is 5.07. The summed E-state index contributed by atoms with van der Waals surface area (Å²) in [6.07, 6.45) is 1.67. The molecule has 0 spiro atoms. The largest absolute Gasteiger partial charge is 0.495 e. The van der Waals surface area contributed by atoms with Gasteiger partial charge in [0.25, 0.3) is 5.91 Å². The minimum absolute atomic E-state index is 0.337. The van der Waals surface area contributed by atoms with Gasteiger partial charge in [0, 0.05) is 11.8 Å². The first-order chi connectivity index (χ1) is 14.2. The van der Waals surface area contributed by atoms with Crippen LogP contribution in [-0.2, 0) is 0 Å². The third-order valence-electron chi connectivity index (χ3n) is 4.45. The molecule has 0 saturated carbocycles. The van der Waals surface area contributed by atoms with Crippen molar-refractivity contribution in [1.82, 2.24) is 9.78 Å². The van der Waals surface area contributed by atoms with E-state index in [0.717, 1.165) is 5.69 Å². The predicted octanol–water partition coefficient (Wildman–Crippen LogP) is 4.94. The Morgan fingerprint density at radius 1 is 0.966 bits per heavy atom. The molecule has 1 amide bonds. The van der Waals surface area contributed by atoms with Gasteiger partial charge in [-0.15, -0.1) is 0 Å². The first-order valence-electron chi connectivity index (χ1n) is 9.01. The Balaban J connectivity index is 1.77. The number of amides is 1. The highest BCUT2D eigenvalue weighted by Crippen LogP contribution is 2.27. The molecule has 1 aromatic heterocycles. The first-order valence-corrected chi connectivity index (χ1v) is 9.01. The van der Waals surface area contributed by atoms with Crippen LogP contribution in [0.3, 0.4) is 0 Å². The molecular formula is C23H18FN3O2. The molecule has 0 aliphatic carbocycles. The Morgan fingerprint density at radius 2 is 1.66 bits per heavy atom. The van der Waals surface area contributed by atoms with Crippen molar-refractivity contribution in [2.24, 2.45) is 0 Å². The molecule has 0 aliphatic rings. The van der Waals surface area contributed by atoms with Crippen LogP contribution < -0.4 is 10.1 Å². The van der Waals surface area contributed by atoms with Crippen molar-refractivity contribution in [1.29, 1.82) is 0 Å². The Morgan fingerprint density at radius 3 is 2.38 bits per heavy atom. The molecular weight excluding hydrogens is 369 g/mol. The predicted molar refractivity (Wildman–Crippen MR) is 110 cm³/mol. The molecule has 0 unspecified atom stereocenters. The zero-order chi connectivity index (χ0) is 20.2. The Bertz CT molecular complexity index is 1140. The van der Waals surface area contributed by atoms with Gasteiger partial charge in [-0.05, 0) is 48.5 Å². The molecule has 0 aliphatic heterocycles. The fraction of sp³-hybridized carbons (Fsp3) is 0.0435. The fourth-order valence-corrected chi connectivity index (χ4v) is 3.01. The van der Waals surface area contributed by atoms with Crippen molar-refractivity contribution in [2.45, 2.75) is 0 Å². The molecule has 29 heavy (non-hydrogen) atoms. The average molecular weight is 387 g/mol. The lowest BCUT2D eigenvalue weighted by Gasteiger charge is -2.09. The molecule has 0 saturated heterocycles. The standard InChI is InChI=1S/C23H18FN3O2/c1-29-21-10-6-5-9-20(21)25-23(28)19-15-27(18-7-3-2-4-8-18)26-22(19)16-11-13-17(24)14-12-16/h2-15H,1H3,(H,25,28). The number of rotatable bonds is 5. The summed E-state index contributed by atoms with van der Waals surface area (Å²) < 4.78 is 20.3. The van der Waals surface area contributed by atoms with E-state index in [-0.39, 0.29) is 11.7 Å². The lowest BCUT2D eigenvalue weighted by molar-refractivity contribution is 0.102. The number of carbonyl (C=O) groups is 1. The zero-order valence-corrected chi connectivity index (χ0v) is 15.7. The average Bonchev–Trinajstić information content (AvgIpc) is 3.21. The number of hydrogen-bond acceptors (Lipinski definition) is 3. The molecule has 5 nitrogen and oxygen atoms in total. The Labute approximate surface area is 167 Å². The summed E-state index contributed by atoms with van der Waals surface area (Å²) in [5.41, 5.74) is 2.84. The molecule has 0 fully saturated rings. The third kappa shape index (κ3) is 3.87. The summed E-state index contributed by atoms with van der Waals surface area (Å²) in [7, 11) is 1.54. The highest BCUT2D eigenvalue weighted by atomic mass is 19.1. The summed E-state index contributed by atoms with van der Waals surface area (Å²) in [5.74, 6) is -0.132. The van der Waals surface area contributed by atoms with Crippen LogP contribution in [0.2, 0.25) is 0 Å². The van der Waals surface area contributed by atoms with E-state index in [1.807, 2.05) is 42.5 Å². The third-order valence-corrected chi connectivity index (χ3v) is 4.45. The lowest BCUT2D eigenvalue weighted by atomic mass is 10.1. The van der Waals surface area contributed by atoms with Crippen LogP contribution in [0.15, 0.2) is 85.1 Å². The van der Waals surface area contributed by atoms with Gasteiger partial charge < -0.3 is 10.1 Å². The molecule has 144 valence electrons. The van der Waals surface area contributed by atoms with Gasteiger partial charge in [-0.2, -0.15) is 5.10 Å². The smallest absolute Gasteiger partial charge is 0.259 e. The summed E-state index contributed by atoms with van der Waals surface area (Å²) in [4.78, 5) is 13.1. The number of aromatic nitrogens is 2. The number of halogens is 1. The molecule has 4 aromatic rings. The number of para-hydroxylation sites is 3. The van der Waals surface area contributed by atoms with Crippen LogP contribution >= 0.6 is 0 Å². The topological polar surface area (TPSA) is 56.1 Å². The van der Waals surface area contributed by atoms with Gasteiger partial charge in [0.05, 0.1) is 24.0 Å². The molecule has 0 atom stereocenters. The van der Waals surface area contributed by atoms with Crippen molar-refractivity contribution < 1.29 is 13.9 Å². The van der Waals surface area contributed by atoms with Crippen molar-refractivity contribution >= 4 is 11.6 Å². The van der Waals surface area contributed by atoms with Crippen LogP contribution in [0.5, 0.6) is 5.75 Å². The van der Waals surface area contributed by atoms with Gasteiger partial charge in [-0.25, -0.2) is 9.07 Å². The van der Waals surface area contributed by atoms with Crippen molar-refractivity contribution in [2.75, 3.05) is 12.4 Å². The van der Waals surface area contributed by atoms with Crippen molar-refractivity contribution in [3.8, 4) is 22.7 Å². The van der Waals surface area contributed by atoms with Crippen LogP contribution in [0.25, 0.3) is 16.9 Å². The summed E-state index contributed by atoms with van der Waals surface area (Å²) in [5, 5.41) is 7.46. The van der Waals surface area contributed by atoms with E-state index >= 15 is 0 Å². The van der Waals surface area contributed by atoms with E-state index in [9.17, 15) is 9.18 Å². The van der Waals surface area contributed by atoms with E-state index in [1.165, 1.54) is 12.1 Å². The van der Waals surface area contributed by atoms with Gasteiger partial charge in [0.2, 0.25) is 0 Å². The van der Waals surface area contributed by atoms with E-state index in [1.54, 1.807) is 42.3 Å². The van der Waals surface area contributed by atoms with E-state index < -0.39 is 0 Å². The molecule has 4 rings (SSSR count). The number of ether oxygens (including phenoxy) is 1. The van der Waals surface area contributed by atoms with E-state index in [0.29, 0.717) is 28.3 Å². The maximum atomic E-state index is 13.4. The maximum Gasteiger partial charge on any atom is 0.259 e. The number of benzene rings is 3. The van der Waals surface area contributed by atoms with Crippen molar-refractivity contribution in [3.63, 3.8) is 0 Å².